The molecule has 1 rings (SSSR count). The third-order valence-corrected chi connectivity index (χ3v) is 0.945. The van der Waals surface area contributed by atoms with Gasteiger partial charge in [0.25, 0.3) is 5.69 Å². The molecule has 0 aromatic carbocycles. The minimum atomic E-state index is 0.0949. The van der Waals surface area contributed by atoms with Crippen molar-refractivity contribution in [1.82, 2.24) is 5.16 Å². The molecule has 46 valence electrons. The number of rotatable bonds is 0. The van der Waals surface area contributed by atoms with Gasteiger partial charge in [0.15, 0.2) is 11.2 Å². The van der Waals surface area contributed by atoms with Gasteiger partial charge in [0.05, 0.1) is 0 Å². The fraction of sp³-hybridized carbons (Fsp3) is 0.250. The van der Waals surface area contributed by atoms with Gasteiger partial charge in [-0.3, -0.25) is 0 Å². The van der Waals surface area contributed by atoms with Crippen molar-refractivity contribution in [3.63, 3.8) is 0 Å². The highest BCUT2D eigenvalue weighted by Gasteiger charge is 2.18. The molecule has 0 amide bonds. The third-order valence-electron chi connectivity index (χ3n) is 0.945. The van der Waals surface area contributed by atoms with Gasteiger partial charge in [0.1, 0.15) is 4.90 Å². The molecular weight excluding hydrogens is 122 g/mol. The lowest BCUT2D eigenvalue weighted by Crippen LogP contribution is -2.30. The molecule has 5 nitrogen and oxygen atoms in total. The highest BCUT2D eigenvalue weighted by Crippen LogP contribution is 1.92. The summed E-state index contributed by atoms with van der Waals surface area (Å²) in [7, 11) is 0. The van der Waals surface area contributed by atoms with E-state index in [-0.39, 0.29) is 5.69 Å². The number of hydrogen-bond acceptors (Lipinski definition) is 4. The van der Waals surface area contributed by atoms with E-state index in [0.29, 0.717) is 10.6 Å². The van der Waals surface area contributed by atoms with Gasteiger partial charge >= 0.3 is 5.69 Å². The summed E-state index contributed by atoms with van der Waals surface area (Å²) in [5, 5.41) is 20.1. The standard InChI is InChI=1S/C4H4N3O2/c1-3-4(2-5)6-9-7(3)8/h8H,1H3/q+1. The van der Waals surface area contributed by atoms with Crippen LogP contribution < -0.4 is 4.90 Å². The first kappa shape index (κ1) is 5.56. The lowest BCUT2D eigenvalue weighted by Gasteiger charge is -1.71. The van der Waals surface area contributed by atoms with Crippen molar-refractivity contribution < 1.29 is 14.7 Å². The van der Waals surface area contributed by atoms with Crippen LogP contribution >= 0.6 is 0 Å². The zero-order valence-electron chi connectivity index (χ0n) is 4.70. The molecule has 0 aliphatic rings. The van der Waals surface area contributed by atoms with E-state index in [9.17, 15) is 0 Å². The molecular formula is C4H4N3O2+. The van der Waals surface area contributed by atoms with E-state index in [1.165, 1.54) is 6.92 Å². The Bertz CT molecular complexity index is 259. The Morgan fingerprint density at radius 1 is 1.89 bits per heavy atom. The Balaban J connectivity index is 3.24. The summed E-state index contributed by atoms with van der Waals surface area (Å²) in [5.74, 6) is 0. The van der Waals surface area contributed by atoms with E-state index < -0.39 is 0 Å². The molecule has 1 aromatic heterocycles. The zero-order valence-corrected chi connectivity index (χ0v) is 4.70. The minimum Gasteiger partial charge on any atom is -0.317 e. The molecule has 9 heavy (non-hydrogen) atoms. The van der Waals surface area contributed by atoms with Crippen LogP contribution in [0.1, 0.15) is 11.4 Å². The number of nitriles is 1. The van der Waals surface area contributed by atoms with Gasteiger partial charge in [-0.15, -0.1) is 0 Å². The molecule has 0 aliphatic heterocycles. The average Bonchev–Trinajstić information content (AvgIpc) is 2.15. The Morgan fingerprint density at radius 3 is 2.78 bits per heavy atom. The summed E-state index contributed by atoms with van der Waals surface area (Å²) < 4.78 is 4.19. The topological polar surface area (TPSA) is 73.9 Å². The van der Waals surface area contributed by atoms with Gasteiger partial charge in [-0.05, 0) is 4.63 Å². The molecule has 1 heterocycles. The van der Waals surface area contributed by atoms with Crippen LogP contribution in [0.25, 0.3) is 0 Å². The lowest BCUT2D eigenvalue weighted by atomic mass is 10.4. The Kier molecular flexibility index (Phi) is 1.08. The molecule has 0 atom stereocenters. The molecule has 1 N–H and O–H groups in total. The highest BCUT2D eigenvalue weighted by molar-refractivity contribution is 5.18. The first-order valence-corrected chi connectivity index (χ1v) is 2.24. The molecule has 0 fully saturated rings. The quantitative estimate of drug-likeness (QED) is 0.470. The van der Waals surface area contributed by atoms with Crippen LogP contribution in [0, 0.1) is 18.3 Å². The van der Waals surface area contributed by atoms with Crippen molar-refractivity contribution in [2.45, 2.75) is 6.92 Å². The van der Waals surface area contributed by atoms with E-state index >= 15 is 0 Å². The second-order valence-corrected chi connectivity index (χ2v) is 1.49. The maximum absolute atomic E-state index is 8.61. The maximum Gasteiger partial charge on any atom is 0.349 e. The van der Waals surface area contributed by atoms with Gasteiger partial charge in [-0.25, -0.2) is 0 Å². The molecule has 0 bridgehead atoms. The van der Waals surface area contributed by atoms with Crippen LogP contribution in [-0.2, 0) is 0 Å². The number of nitrogens with zero attached hydrogens (tertiary/aromatic N) is 3. The van der Waals surface area contributed by atoms with Gasteiger partial charge in [-0.1, -0.05) is 0 Å². The summed E-state index contributed by atoms with van der Waals surface area (Å²) in [6, 6.07) is 1.73. The molecule has 0 spiro atoms. The Morgan fingerprint density at radius 2 is 2.56 bits per heavy atom. The molecule has 0 saturated heterocycles. The lowest BCUT2D eigenvalue weighted by molar-refractivity contribution is -1.04. The summed E-state index contributed by atoms with van der Waals surface area (Å²) in [5.41, 5.74) is 0.398. The molecule has 5 heteroatoms. The molecule has 0 radical (unpaired) electrons. The second kappa shape index (κ2) is 1.74. The van der Waals surface area contributed by atoms with Crippen LogP contribution in [0.5, 0.6) is 0 Å². The van der Waals surface area contributed by atoms with Crippen molar-refractivity contribution in [1.29, 1.82) is 5.26 Å². The van der Waals surface area contributed by atoms with Gasteiger partial charge < -0.3 is 5.21 Å². The summed E-state index contributed by atoms with van der Waals surface area (Å²) in [4.78, 5) is 0.443. The summed E-state index contributed by atoms with van der Waals surface area (Å²) in [6.45, 7) is 1.52. The van der Waals surface area contributed by atoms with E-state index in [1.54, 1.807) is 6.07 Å². The van der Waals surface area contributed by atoms with Gasteiger partial charge in [0.2, 0.25) is 0 Å². The largest absolute Gasteiger partial charge is 0.349 e. The van der Waals surface area contributed by atoms with Crippen LogP contribution in [-0.4, -0.2) is 10.4 Å². The third kappa shape index (κ3) is 0.700. The summed E-state index contributed by atoms with van der Waals surface area (Å²) in [6.07, 6.45) is 0. The van der Waals surface area contributed by atoms with E-state index in [0.717, 1.165) is 0 Å². The molecule has 1 aromatic rings. The average molecular weight is 126 g/mol. The van der Waals surface area contributed by atoms with Gasteiger partial charge in [0, 0.05) is 6.92 Å². The predicted octanol–water partition coefficient (Wildman–Crippen LogP) is -0.621. The minimum absolute atomic E-state index is 0.0949. The van der Waals surface area contributed by atoms with E-state index in [1.807, 2.05) is 0 Å². The van der Waals surface area contributed by atoms with Crippen LogP contribution in [0.2, 0.25) is 0 Å². The SMILES string of the molecule is Cc1c(C#N)no[n+]1O. The first-order chi connectivity index (χ1) is 4.25. The van der Waals surface area contributed by atoms with Crippen LogP contribution in [0.3, 0.4) is 0 Å². The first-order valence-electron chi connectivity index (χ1n) is 2.24. The van der Waals surface area contributed by atoms with Crippen molar-refractivity contribution in [2.24, 2.45) is 0 Å². The second-order valence-electron chi connectivity index (χ2n) is 1.49. The molecule has 0 saturated carbocycles. The predicted molar refractivity (Wildman–Crippen MR) is 23.3 cm³/mol. The number of aromatic nitrogens is 2. The zero-order chi connectivity index (χ0) is 6.85. The monoisotopic (exact) mass is 126 g/mol. The smallest absolute Gasteiger partial charge is 0.317 e. The molecule has 0 unspecified atom stereocenters. The summed E-state index contributed by atoms with van der Waals surface area (Å²) >= 11 is 0. The van der Waals surface area contributed by atoms with Crippen molar-refractivity contribution in [3.8, 4) is 6.07 Å². The van der Waals surface area contributed by atoms with Crippen molar-refractivity contribution in [2.75, 3.05) is 0 Å². The Hall–Kier alpha value is -1.57. The molecule has 0 aliphatic carbocycles. The fourth-order valence-corrected chi connectivity index (χ4v) is 0.399. The maximum atomic E-state index is 8.61. The van der Waals surface area contributed by atoms with Crippen molar-refractivity contribution >= 4 is 0 Å². The normalized spacial score (nSPS) is 8.89. The fourth-order valence-electron chi connectivity index (χ4n) is 0.399. The van der Waals surface area contributed by atoms with Crippen LogP contribution in [0.4, 0.5) is 0 Å². The van der Waals surface area contributed by atoms with E-state index in [2.05, 4.69) is 9.79 Å². The Labute approximate surface area is 50.6 Å². The van der Waals surface area contributed by atoms with Crippen molar-refractivity contribution in [3.05, 3.63) is 11.4 Å². The van der Waals surface area contributed by atoms with Crippen LogP contribution in [0.15, 0.2) is 4.63 Å². The van der Waals surface area contributed by atoms with E-state index in [4.69, 9.17) is 10.5 Å². The number of hydrogen-bond donors (Lipinski definition) is 1. The highest BCUT2D eigenvalue weighted by atomic mass is 16.8. The van der Waals surface area contributed by atoms with Gasteiger partial charge in [-0.2, -0.15) is 5.26 Å².